The normalized spacial score (nSPS) is 15.4. The number of aryl methyl sites for hydroxylation is 2. The average molecular weight is 580 g/mol. The van der Waals surface area contributed by atoms with E-state index >= 15 is 0 Å². The number of hydrazone groups is 1. The topological polar surface area (TPSA) is 71.6 Å². The van der Waals surface area contributed by atoms with E-state index in [1.165, 1.54) is 26.5 Å². The zero-order chi connectivity index (χ0) is 23.8. The van der Waals surface area contributed by atoms with Crippen molar-refractivity contribution in [2.75, 3.05) is 5.01 Å². The SMILES string of the molecule is Cc1ccc(C)c(C2=NN(c3nc(-c4ccc(I)cc4)cs3)[C@@H](c3cccc([N+](=O)[O-])c3)C2)c1. The molecule has 1 aliphatic heterocycles. The fraction of sp³-hybridized carbons (Fsp3) is 0.154. The van der Waals surface area contributed by atoms with Gasteiger partial charge in [0.15, 0.2) is 0 Å². The van der Waals surface area contributed by atoms with E-state index in [4.69, 9.17) is 10.1 Å². The maximum atomic E-state index is 11.4. The summed E-state index contributed by atoms with van der Waals surface area (Å²) < 4.78 is 1.17. The molecule has 0 bridgehead atoms. The van der Waals surface area contributed by atoms with E-state index in [-0.39, 0.29) is 16.7 Å². The molecule has 8 heteroatoms. The van der Waals surface area contributed by atoms with Crippen molar-refractivity contribution in [3.8, 4) is 11.3 Å². The molecule has 6 nitrogen and oxygen atoms in total. The van der Waals surface area contributed by atoms with Gasteiger partial charge in [0.1, 0.15) is 0 Å². The van der Waals surface area contributed by atoms with Crippen molar-refractivity contribution in [3.05, 3.63) is 108 Å². The minimum atomic E-state index is -0.354. The number of benzene rings is 3. The fourth-order valence-corrected chi connectivity index (χ4v) is 5.32. The quantitative estimate of drug-likeness (QED) is 0.141. The molecule has 1 atom stereocenters. The largest absolute Gasteiger partial charge is 0.269 e. The van der Waals surface area contributed by atoms with Crippen molar-refractivity contribution < 1.29 is 4.92 Å². The number of nitro benzene ring substituents is 1. The molecule has 5 rings (SSSR count). The second-order valence-corrected chi connectivity index (χ2v) is 10.4. The molecule has 0 radical (unpaired) electrons. The van der Waals surface area contributed by atoms with E-state index in [0.29, 0.717) is 6.42 Å². The number of nitrogens with zero attached hydrogens (tertiary/aromatic N) is 4. The Balaban J connectivity index is 1.57. The number of hydrogen-bond donors (Lipinski definition) is 0. The summed E-state index contributed by atoms with van der Waals surface area (Å²) in [5.74, 6) is 0. The van der Waals surface area contributed by atoms with Gasteiger partial charge in [0, 0.05) is 38.6 Å². The third kappa shape index (κ3) is 4.47. The Morgan fingerprint density at radius 2 is 1.88 bits per heavy atom. The Labute approximate surface area is 215 Å². The summed E-state index contributed by atoms with van der Waals surface area (Å²) in [6.07, 6.45) is 0.643. The zero-order valence-corrected chi connectivity index (χ0v) is 21.6. The maximum Gasteiger partial charge on any atom is 0.269 e. The van der Waals surface area contributed by atoms with Gasteiger partial charge in [-0.05, 0) is 65.8 Å². The van der Waals surface area contributed by atoms with Gasteiger partial charge in [0.2, 0.25) is 5.13 Å². The van der Waals surface area contributed by atoms with Gasteiger partial charge in [-0.3, -0.25) is 10.1 Å². The Morgan fingerprint density at radius 3 is 2.65 bits per heavy atom. The number of thiazole rings is 1. The molecule has 0 saturated carbocycles. The molecule has 0 aliphatic carbocycles. The van der Waals surface area contributed by atoms with Gasteiger partial charge in [0.05, 0.1) is 22.4 Å². The van der Waals surface area contributed by atoms with Crippen LogP contribution in [0.4, 0.5) is 10.8 Å². The summed E-state index contributed by atoms with van der Waals surface area (Å²) in [5.41, 5.74) is 7.26. The lowest BCUT2D eigenvalue weighted by Crippen LogP contribution is -2.18. The number of hydrogen-bond acceptors (Lipinski definition) is 6. The lowest BCUT2D eigenvalue weighted by atomic mass is 9.95. The molecule has 0 fully saturated rings. The van der Waals surface area contributed by atoms with Crippen molar-refractivity contribution >= 4 is 50.5 Å². The van der Waals surface area contributed by atoms with Crippen LogP contribution in [0.1, 0.15) is 34.7 Å². The van der Waals surface area contributed by atoms with Crippen LogP contribution in [0.5, 0.6) is 0 Å². The predicted octanol–water partition coefficient (Wildman–Crippen LogP) is 7.30. The maximum absolute atomic E-state index is 11.4. The molecule has 1 aliphatic rings. The minimum absolute atomic E-state index is 0.0800. The third-order valence-corrected chi connectivity index (χ3v) is 7.46. The van der Waals surface area contributed by atoms with Crippen LogP contribution in [0, 0.1) is 27.5 Å². The monoisotopic (exact) mass is 580 g/mol. The van der Waals surface area contributed by atoms with Crippen molar-refractivity contribution in [2.24, 2.45) is 5.10 Å². The fourth-order valence-electron chi connectivity index (χ4n) is 4.12. The Morgan fingerprint density at radius 1 is 1.09 bits per heavy atom. The van der Waals surface area contributed by atoms with Crippen LogP contribution in [0.2, 0.25) is 0 Å². The molecule has 3 aromatic carbocycles. The summed E-state index contributed by atoms with van der Waals surface area (Å²) in [6.45, 7) is 4.16. The van der Waals surface area contributed by atoms with E-state index in [1.54, 1.807) is 12.1 Å². The molecule has 2 heterocycles. The molecule has 0 amide bonds. The number of rotatable bonds is 5. The third-order valence-electron chi connectivity index (χ3n) is 5.91. The molecular formula is C26H21IN4O2S. The van der Waals surface area contributed by atoms with Gasteiger partial charge in [-0.25, -0.2) is 9.99 Å². The number of anilines is 1. The Hall–Kier alpha value is -3.11. The van der Waals surface area contributed by atoms with Crippen LogP contribution in [-0.4, -0.2) is 15.6 Å². The summed E-state index contributed by atoms with van der Waals surface area (Å²) in [4.78, 5) is 16.0. The van der Waals surface area contributed by atoms with E-state index in [2.05, 4.69) is 78.9 Å². The first-order valence-corrected chi connectivity index (χ1v) is 12.7. The summed E-state index contributed by atoms with van der Waals surface area (Å²) in [7, 11) is 0. The van der Waals surface area contributed by atoms with Crippen LogP contribution in [0.25, 0.3) is 11.3 Å². The van der Waals surface area contributed by atoms with Gasteiger partial charge in [0.25, 0.3) is 5.69 Å². The molecule has 0 N–H and O–H groups in total. The van der Waals surface area contributed by atoms with Crippen molar-refractivity contribution in [3.63, 3.8) is 0 Å². The molecule has 0 spiro atoms. The van der Waals surface area contributed by atoms with Crippen LogP contribution in [0.15, 0.2) is 77.2 Å². The van der Waals surface area contributed by atoms with E-state index in [0.717, 1.165) is 38.8 Å². The molecule has 34 heavy (non-hydrogen) atoms. The highest BCUT2D eigenvalue weighted by Crippen LogP contribution is 2.40. The van der Waals surface area contributed by atoms with Crippen LogP contribution in [0.3, 0.4) is 0 Å². The summed E-state index contributed by atoms with van der Waals surface area (Å²) in [6, 6.07) is 21.3. The number of aromatic nitrogens is 1. The van der Waals surface area contributed by atoms with Crippen LogP contribution in [-0.2, 0) is 0 Å². The number of nitro groups is 1. The highest BCUT2D eigenvalue weighted by Gasteiger charge is 2.33. The molecule has 1 aromatic heterocycles. The molecule has 0 saturated heterocycles. The molecule has 4 aromatic rings. The van der Waals surface area contributed by atoms with Crippen LogP contribution >= 0.6 is 33.9 Å². The average Bonchev–Trinajstić information content (AvgIpc) is 3.49. The van der Waals surface area contributed by atoms with Gasteiger partial charge in [-0.2, -0.15) is 5.10 Å². The van der Waals surface area contributed by atoms with Gasteiger partial charge < -0.3 is 0 Å². The first-order valence-electron chi connectivity index (χ1n) is 10.8. The molecular weight excluding hydrogens is 559 g/mol. The van der Waals surface area contributed by atoms with E-state index in [9.17, 15) is 10.1 Å². The lowest BCUT2D eigenvalue weighted by Gasteiger charge is -2.21. The second-order valence-electron chi connectivity index (χ2n) is 8.30. The Kier molecular flexibility index (Phi) is 6.18. The number of non-ortho nitro benzene ring substituents is 1. The first-order chi connectivity index (χ1) is 16.4. The van der Waals surface area contributed by atoms with Crippen LogP contribution < -0.4 is 5.01 Å². The minimum Gasteiger partial charge on any atom is -0.258 e. The van der Waals surface area contributed by atoms with Crippen molar-refractivity contribution in [2.45, 2.75) is 26.3 Å². The summed E-state index contributed by atoms with van der Waals surface area (Å²) >= 11 is 3.82. The van der Waals surface area contributed by atoms with Gasteiger partial charge in [-0.1, -0.05) is 42.0 Å². The second kappa shape index (κ2) is 9.27. The highest BCUT2D eigenvalue weighted by molar-refractivity contribution is 14.1. The summed E-state index contributed by atoms with van der Waals surface area (Å²) in [5, 5.41) is 21.2. The smallest absolute Gasteiger partial charge is 0.258 e. The lowest BCUT2D eigenvalue weighted by molar-refractivity contribution is -0.384. The highest BCUT2D eigenvalue weighted by atomic mass is 127. The van der Waals surface area contributed by atoms with Crippen molar-refractivity contribution in [1.29, 1.82) is 0 Å². The van der Waals surface area contributed by atoms with Gasteiger partial charge in [-0.15, -0.1) is 11.3 Å². The predicted molar refractivity (Wildman–Crippen MR) is 146 cm³/mol. The van der Waals surface area contributed by atoms with Gasteiger partial charge >= 0.3 is 0 Å². The van der Waals surface area contributed by atoms with Crippen molar-refractivity contribution in [1.82, 2.24) is 4.98 Å². The Bertz CT molecular complexity index is 1410. The molecule has 170 valence electrons. The van der Waals surface area contributed by atoms with E-state index < -0.39 is 0 Å². The van der Waals surface area contributed by atoms with E-state index in [1.807, 2.05) is 16.5 Å². The molecule has 0 unspecified atom stereocenters. The zero-order valence-electron chi connectivity index (χ0n) is 18.6. The number of halogens is 1. The first kappa shape index (κ1) is 22.7. The standard InChI is InChI=1S/C26H21IN4O2S/c1-16-6-7-17(2)22(12-16)23-14-25(19-4-3-5-21(13-19)31(32)33)30(29-23)26-28-24(15-34-26)18-8-10-20(27)11-9-18/h3-13,15,25H,14H2,1-2H3/t25-/m1/s1.